The Morgan fingerprint density at radius 2 is 0.613 bits per heavy atom. The van der Waals surface area contributed by atoms with E-state index in [4.69, 9.17) is 17.8 Å². The summed E-state index contributed by atoms with van der Waals surface area (Å²) in [6.45, 7) is 0. The molecule has 0 aliphatic carbocycles. The van der Waals surface area contributed by atoms with Gasteiger partial charge in [0, 0.05) is 0 Å². The van der Waals surface area contributed by atoms with Crippen molar-refractivity contribution in [3.05, 3.63) is 144 Å². The first-order chi connectivity index (χ1) is 15.2. The topological polar surface area (TPSA) is 0 Å². The molecule has 0 spiro atoms. The first-order valence-electron chi connectivity index (χ1n) is 10.3. The minimum atomic E-state index is -4.02. The van der Waals surface area contributed by atoms with Crippen LogP contribution in [0.5, 0.6) is 0 Å². The van der Waals surface area contributed by atoms with Gasteiger partial charge in [-0.15, -0.1) is 0 Å². The van der Waals surface area contributed by atoms with Gasteiger partial charge in [0.25, 0.3) is 0 Å². The Kier molecular flexibility index (Phi) is 5.79. The number of rotatable bonds is 4. The second-order valence-corrected chi connectivity index (χ2v) is 22.6. The molecule has 3 heteroatoms. The van der Waals surface area contributed by atoms with E-state index in [9.17, 15) is 0 Å². The van der Waals surface area contributed by atoms with Gasteiger partial charge in [-0.2, -0.15) is 0 Å². The summed E-state index contributed by atoms with van der Waals surface area (Å²) in [6.07, 6.45) is 0. The van der Waals surface area contributed by atoms with Crippen LogP contribution in [-0.4, -0.2) is 16.1 Å². The van der Waals surface area contributed by atoms with Gasteiger partial charge in [0.15, 0.2) is 0 Å². The molecule has 0 amide bonds. The van der Waals surface area contributed by atoms with Crippen molar-refractivity contribution >= 4 is 52.3 Å². The zero-order valence-corrected chi connectivity index (χ0v) is 21.2. The number of hydrogen-bond acceptors (Lipinski definition) is 0. The molecule has 4 aromatic carbocycles. The van der Waals surface area contributed by atoms with Gasteiger partial charge >= 0.3 is 196 Å². The van der Waals surface area contributed by atoms with Crippen molar-refractivity contribution < 1.29 is 0 Å². The first kappa shape index (κ1) is 20.6. The molecule has 0 bridgehead atoms. The molecule has 150 valence electrons. The molecule has 0 atom stereocenters. The minimum absolute atomic E-state index is 1.11. The summed E-state index contributed by atoms with van der Waals surface area (Å²) in [5, 5.41) is 0. The Morgan fingerprint density at radius 3 is 0.903 bits per heavy atom. The van der Waals surface area contributed by atoms with Gasteiger partial charge in [-0.3, -0.25) is 0 Å². The number of hydrogen-bond donors (Lipinski definition) is 0. The Morgan fingerprint density at radius 1 is 0.355 bits per heavy atom. The van der Waals surface area contributed by atoms with Gasteiger partial charge in [-0.1, -0.05) is 0 Å². The molecule has 0 N–H and O–H groups in total. The average Bonchev–Trinajstić information content (AvgIpc) is 3.08. The molecule has 5 rings (SSSR count). The van der Waals surface area contributed by atoms with Crippen LogP contribution in [0.1, 0.15) is 22.3 Å². The van der Waals surface area contributed by atoms with Crippen molar-refractivity contribution in [1.29, 1.82) is 0 Å². The van der Waals surface area contributed by atoms with Crippen molar-refractivity contribution in [2.45, 2.75) is 0 Å². The molecule has 4 aromatic rings. The summed E-state index contributed by atoms with van der Waals surface area (Å²) in [7, 11) is 15.0. The fourth-order valence-corrected chi connectivity index (χ4v) is 16.9. The van der Waals surface area contributed by atoms with Crippen molar-refractivity contribution in [3.63, 3.8) is 0 Å². The van der Waals surface area contributed by atoms with Gasteiger partial charge in [-0.05, 0) is 0 Å². The van der Waals surface area contributed by atoms with E-state index in [0.29, 0.717) is 0 Å². The molecule has 0 aromatic heterocycles. The summed E-state index contributed by atoms with van der Waals surface area (Å²) in [5.41, 5.74) is 6.85. The molecule has 1 aliphatic heterocycles. The van der Waals surface area contributed by atoms with E-state index in [2.05, 4.69) is 97.1 Å². The molecular weight excluding hydrogens is 526 g/mol. The normalized spacial score (nSPS) is 15.4. The fourth-order valence-electron chi connectivity index (χ4n) is 4.34. The molecule has 0 radical (unpaired) electrons. The Bertz CT molecular complexity index is 1160. The van der Waals surface area contributed by atoms with E-state index in [1.807, 2.05) is 24.3 Å². The SMILES string of the molecule is [Cl][Sn]1([Cl])[C](c2ccccc2)=C(c2ccccc2)C(c2ccccc2)=[C]1c1ccccc1. The van der Waals surface area contributed by atoms with E-state index in [1.165, 1.54) is 0 Å². The predicted molar refractivity (Wildman–Crippen MR) is 137 cm³/mol. The second kappa shape index (κ2) is 8.70. The maximum atomic E-state index is 7.52. The summed E-state index contributed by atoms with van der Waals surface area (Å²) in [4.78, 5) is 0. The van der Waals surface area contributed by atoms with E-state index in [-0.39, 0.29) is 0 Å². The van der Waals surface area contributed by atoms with Gasteiger partial charge in [0.05, 0.1) is 0 Å². The third-order valence-electron chi connectivity index (χ3n) is 5.63. The zero-order valence-electron chi connectivity index (χ0n) is 16.8. The molecule has 31 heavy (non-hydrogen) atoms. The van der Waals surface area contributed by atoms with E-state index in [1.54, 1.807) is 0 Å². The van der Waals surface area contributed by atoms with E-state index in [0.717, 1.165) is 40.6 Å². The number of allylic oxidation sites excluding steroid dienone is 2. The molecule has 1 heterocycles. The van der Waals surface area contributed by atoms with Gasteiger partial charge < -0.3 is 0 Å². The van der Waals surface area contributed by atoms with Gasteiger partial charge in [0.2, 0.25) is 0 Å². The predicted octanol–water partition coefficient (Wildman–Crippen LogP) is 8.22. The van der Waals surface area contributed by atoms with Crippen LogP contribution in [0.25, 0.3) is 18.3 Å². The molecule has 1 aliphatic rings. The third kappa shape index (κ3) is 3.78. The van der Waals surface area contributed by atoms with Gasteiger partial charge in [0.1, 0.15) is 0 Å². The van der Waals surface area contributed by atoms with Crippen molar-refractivity contribution in [2.75, 3.05) is 0 Å². The quantitative estimate of drug-likeness (QED) is 0.227. The van der Waals surface area contributed by atoms with Crippen molar-refractivity contribution in [3.8, 4) is 0 Å². The fraction of sp³-hybridized carbons (Fsp3) is 0. The number of halogens is 2. The second-order valence-electron chi connectivity index (χ2n) is 7.54. The molecule has 0 saturated heterocycles. The van der Waals surface area contributed by atoms with E-state index < -0.39 is 16.1 Å². The monoisotopic (exact) mass is 546 g/mol. The van der Waals surface area contributed by atoms with Crippen molar-refractivity contribution in [2.24, 2.45) is 0 Å². The summed E-state index contributed by atoms with van der Waals surface area (Å²) in [6, 6.07) is 41.8. The van der Waals surface area contributed by atoms with Crippen LogP contribution in [-0.2, 0) is 0 Å². The molecule has 0 unspecified atom stereocenters. The maximum absolute atomic E-state index is 7.52. The third-order valence-corrected chi connectivity index (χ3v) is 17.4. The summed E-state index contributed by atoms with van der Waals surface area (Å²) in [5.74, 6) is 0. The van der Waals surface area contributed by atoms with Crippen LogP contribution in [0.15, 0.2) is 121 Å². The summed E-state index contributed by atoms with van der Waals surface area (Å²) >= 11 is -4.02. The van der Waals surface area contributed by atoms with Crippen LogP contribution in [0, 0.1) is 0 Å². The van der Waals surface area contributed by atoms with Crippen LogP contribution in [0.2, 0.25) is 0 Å². The van der Waals surface area contributed by atoms with Crippen LogP contribution < -0.4 is 0 Å². The van der Waals surface area contributed by atoms with E-state index >= 15 is 0 Å². The number of benzene rings is 4. The average molecular weight is 546 g/mol. The van der Waals surface area contributed by atoms with Gasteiger partial charge in [-0.25, -0.2) is 0 Å². The van der Waals surface area contributed by atoms with Crippen LogP contribution >= 0.6 is 17.8 Å². The Balaban J connectivity index is 1.92. The molecule has 0 saturated carbocycles. The van der Waals surface area contributed by atoms with Crippen LogP contribution in [0.3, 0.4) is 0 Å². The summed E-state index contributed by atoms with van der Waals surface area (Å²) < 4.78 is 2.25. The first-order valence-corrected chi connectivity index (χ1v) is 20.4. The standard InChI is InChI=1S/C28H20.2ClH.Sn/c1-5-13-23(14-6-1)21-27(25-17-9-3-10-18-25)28(26-19-11-4-12-20-26)22-24-15-7-2-8-16-24;;;/h1-20H;2*1H;/q;;;+2/p-2. The molecule has 0 fully saturated rings. The van der Waals surface area contributed by atoms with Crippen molar-refractivity contribution in [1.82, 2.24) is 0 Å². The Hall–Kier alpha value is -2.26. The zero-order chi connectivity index (χ0) is 21.3. The van der Waals surface area contributed by atoms with Crippen LogP contribution in [0.4, 0.5) is 0 Å². The Labute approximate surface area is 194 Å². The molecular formula is C28H20Cl2Sn. The molecule has 0 nitrogen and oxygen atoms in total.